The summed E-state index contributed by atoms with van der Waals surface area (Å²) in [6.07, 6.45) is 2.65. The fourth-order valence-corrected chi connectivity index (χ4v) is 4.53. The van der Waals surface area contributed by atoms with E-state index in [0.717, 1.165) is 57.5 Å². The van der Waals surface area contributed by atoms with Crippen LogP contribution in [0.3, 0.4) is 0 Å². The predicted molar refractivity (Wildman–Crippen MR) is 104 cm³/mol. The zero-order valence-corrected chi connectivity index (χ0v) is 16.2. The van der Waals surface area contributed by atoms with Crippen LogP contribution in [-0.2, 0) is 4.74 Å². The van der Waals surface area contributed by atoms with Gasteiger partial charge < -0.3 is 19.5 Å². The van der Waals surface area contributed by atoms with Gasteiger partial charge in [-0.15, -0.1) is 0 Å². The van der Waals surface area contributed by atoms with Crippen molar-refractivity contribution in [1.29, 1.82) is 0 Å². The summed E-state index contributed by atoms with van der Waals surface area (Å²) >= 11 is 0. The van der Waals surface area contributed by atoms with Gasteiger partial charge in [0.15, 0.2) is 0 Å². The van der Waals surface area contributed by atoms with Crippen molar-refractivity contribution in [3.05, 3.63) is 34.5 Å². The SMILES string of the molecule is CCOC(=O)N1CCC(CN2CC[C@H](n3c(=O)[nH]c4cc(F)ccc43)C2)CC1. The van der Waals surface area contributed by atoms with Gasteiger partial charge in [-0.1, -0.05) is 0 Å². The number of fused-ring (bicyclic) bond motifs is 1. The second-order valence-electron chi connectivity index (χ2n) is 7.79. The molecular formula is C20H27FN4O3. The summed E-state index contributed by atoms with van der Waals surface area (Å²) in [6.45, 7) is 6.48. The van der Waals surface area contributed by atoms with Crippen molar-refractivity contribution in [2.45, 2.75) is 32.2 Å². The molecular weight excluding hydrogens is 363 g/mol. The number of nitrogens with one attached hydrogen (secondary N) is 1. The summed E-state index contributed by atoms with van der Waals surface area (Å²) in [5.41, 5.74) is 1.14. The summed E-state index contributed by atoms with van der Waals surface area (Å²) in [5.74, 6) is 0.210. The number of hydrogen-bond donors (Lipinski definition) is 1. The van der Waals surface area contributed by atoms with Crippen molar-refractivity contribution in [2.24, 2.45) is 5.92 Å². The number of H-pyrrole nitrogens is 1. The van der Waals surface area contributed by atoms with Crippen LogP contribution in [0.15, 0.2) is 23.0 Å². The first-order valence-corrected chi connectivity index (χ1v) is 10.1. The Balaban J connectivity index is 1.35. The van der Waals surface area contributed by atoms with Gasteiger partial charge in [-0.05, 0) is 50.3 Å². The average molecular weight is 390 g/mol. The summed E-state index contributed by atoms with van der Waals surface area (Å²) < 4.78 is 20.3. The van der Waals surface area contributed by atoms with E-state index in [4.69, 9.17) is 4.74 Å². The van der Waals surface area contributed by atoms with Gasteiger partial charge in [0.2, 0.25) is 0 Å². The number of halogens is 1. The van der Waals surface area contributed by atoms with Crippen LogP contribution in [0.4, 0.5) is 9.18 Å². The Kier molecular flexibility index (Phi) is 5.39. The van der Waals surface area contributed by atoms with Crippen LogP contribution in [0.1, 0.15) is 32.2 Å². The van der Waals surface area contributed by atoms with Crippen molar-refractivity contribution in [3.63, 3.8) is 0 Å². The van der Waals surface area contributed by atoms with Crippen LogP contribution in [0, 0.1) is 11.7 Å². The van der Waals surface area contributed by atoms with E-state index in [0.29, 0.717) is 18.0 Å². The highest BCUT2D eigenvalue weighted by Crippen LogP contribution is 2.27. The number of imidazole rings is 1. The normalized spacial score (nSPS) is 21.5. The molecule has 2 fully saturated rings. The molecule has 2 aliphatic rings. The first-order chi connectivity index (χ1) is 13.5. The van der Waals surface area contributed by atoms with Crippen molar-refractivity contribution < 1.29 is 13.9 Å². The van der Waals surface area contributed by atoms with Gasteiger partial charge >= 0.3 is 11.8 Å². The molecule has 1 N–H and O–H groups in total. The number of ether oxygens (including phenoxy) is 1. The maximum atomic E-state index is 13.4. The molecule has 152 valence electrons. The van der Waals surface area contributed by atoms with Crippen molar-refractivity contribution in [2.75, 3.05) is 39.3 Å². The van der Waals surface area contributed by atoms with Gasteiger partial charge in [0.25, 0.3) is 0 Å². The maximum Gasteiger partial charge on any atom is 0.409 e. The Morgan fingerprint density at radius 3 is 2.79 bits per heavy atom. The molecule has 0 spiro atoms. The minimum absolute atomic E-state index is 0.103. The smallest absolute Gasteiger partial charge is 0.409 e. The number of carbonyl (C=O) groups is 1. The minimum atomic E-state index is -0.344. The maximum absolute atomic E-state index is 13.4. The zero-order valence-electron chi connectivity index (χ0n) is 16.2. The monoisotopic (exact) mass is 390 g/mol. The number of rotatable bonds is 4. The molecule has 1 amide bonds. The summed E-state index contributed by atoms with van der Waals surface area (Å²) in [7, 11) is 0. The molecule has 4 rings (SSSR count). The largest absolute Gasteiger partial charge is 0.450 e. The second kappa shape index (κ2) is 7.95. The standard InChI is InChI=1S/C20H27FN4O3/c1-2-28-20(27)24-9-5-14(6-10-24)12-23-8-7-16(13-23)25-18-4-3-15(21)11-17(18)22-19(25)26/h3-4,11,14,16H,2,5-10,12-13H2,1H3,(H,22,26)/t16-/m0/s1. The molecule has 0 unspecified atom stereocenters. The third-order valence-electron chi connectivity index (χ3n) is 5.95. The number of benzene rings is 1. The number of aromatic nitrogens is 2. The summed E-state index contributed by atoms with van der Waals surface area (Å²) in [6, 6.07) is 4.55. The average Bonchev–Trinajstić information content (AvgIpc) is 3.25. The second-order valence-corrected chi connectivity index (χ2v) is 7.79. The molecule has 0 aliphatic carbocycles. The third-order valence-corrected chi connectivity index (χ3v) is 5.95. The van der Waals surface area contributed by atoms with E-state index in [9.17, 15) is 14.0 Å². The molecule has 1 atom stereocenters. The highest BCUT2D eigenvalue weighted by atomic mass is 19.1. The minimum Gasteiger partial charge on any atom is -0.450 e. The Labute approximate surface area is 163 Å². The molecule has 0 bridgehead atoms. The van der Waals surface area contributed by atoms with E-state index in [-0.39, 0.29) is 23.6 Å². The van der Waals surface area contributed by atoms with Crippen LogP contribution in [0.5, 0.6) is 0 Å². The van der Waals surface area contributed by atoms with E-state index in [1.807, 2.05) is 6.92 Å². The van der Waals surface area contributed by atoms with Crippen LogP contribution >= 0.6 is 0 Å². The first kappa shape index (κ1) is 19.0. The molecule has 28 heavy (non-hydrogen) atoms. The molecule has 7 nitrogen and oxygen atoms in total. The molecule has 2 aliphatic heterocycles. The number of nitrogens with zero attached hydrogens (tertiary/aromatic N) is 3. The summed E-state index contributed by atoms with van der Waals surface area (Å²) in [5, 5.41) is 0. The van der Waals surface area contributed by atoms with Crippen molar-refractivity contribution in [3.8, 4) is 0 Å². The zero-order chi connectivity index (χ0) is 19.7. The molecule has 1 aromatic carbocycles. The highest BCUT2D eigenvalue weighted by molar-refractivity contribution is 5.75. The molecule has 2 saturated heterocycles. The molecule has 0 radical (unpaired) electrons. The molecule has 0 saturated carbocycles. The van der Waals surface area contributed by atoms with Gasteiger partial charge in [-0.25, -0.2) is 14.0 Å². The molecule has 1 aromatic heterocycles. The lowest BCUT2D eigenvalue weighted by atomic mass is 9.96. The van der Waals surface area contributed by atoms with E-state index in [1.165, 1.54) is 12.1 Å². The van der Waals surface area contributed by atoms with Gasteiger partial charge in [0.1, 0.15) is 5.82 Å². The fourth-order valence-electron chi connectivity index (χ4n) is 4.53. The van der Waals surface area contributed by atoms with Gasteiger partial charge in [-0.3, -0.25) is 4.57 Å². The van der Waals surface area contributed by atoms with Crippen LogP contribution in [0.2, 0.25) is 0 Å². The Morgan fingerprint density at radius 1 is 1.25 bits per heavy atom. The van der Waals surface area contributed by atoms with Gasteiger partial charge in [0, 0.05) is 32.7 Å². The first-order valence-electron chi connectivity index (χ1n) is 10.1. The van der Waals surface area contributed by atoms with E-state index in [1.54, 1.807) is 15.5 Å². The molecule has 3 heterocycles. The fraction of sp³-hybridized carbons (Fsp3) is 0.600. The lowest BCUT2D eigenvalue weighted by Gasteiger charge is -2.33. The van der Waals surface area contributed by atoms with E-state index in [2.05, 4.69) is 9.88 Å². The predicted octanol–water partition coefficient (Wildman–Crippen LogP) is 2.58. The number of aromatic amines is 1. The Bertz CT molecular complexity index is 900. The topological polar surface area (TPSA) is 70.6 Å². The van der Waals surface area contributed by atoms with Crippen molar-refractivity contribution in [1.82, 2.24) is 19.4 Å². The lowest BCUT2D eigenvalue weighted by Crippen LogP contribution is -2.41. The number of amides is 1. The number of likely N-dealkylation sites (tertiary alicyclic amines) is 2. The van der Waals surface area contributed by atoms with Crippen LogP contribution in [-0.4, -0.2) is 64.8 Å². The highest BCUT2D eigenvalue weighted by Gasteiger charge is 2.30. The number of piperidine rings is 1. The van der Waals surface area contributed by atoms with E-state index < -0.39 is 0 Å². The van der Waals surface area contributed by atoms with Crippen LogP contribution in [0.25, 0.3) is 11.0 Å². The third kappa shape index (κ3) is 3.78. The Hall–Kier alpha value is -2.35. The van der Waals surface area contributed by atoms with Crippen LogP contribution < -0.4 is 5.69 Å². The Morgan fingerprint density at radius 2 is 2.04 bits per heavy atom. The van der Waals surface area contributed by atoms with E-state index >= 15 is 0 Å². The van der Waals surface area contributed by atoms with Gasteiger partial charge in [-0.2, -0.15) is 0 Å². The number of hydrogen-bond acceptors (Lipinski definition) is 4. The quantitative estimate of drug-likeness (QED) is 0.871. The summed E-state index contributed by atoms with van der Waals surface area (Å²) in [4.78, 5) is 31.2. The molecule has 8 heteroatoms. The van der Waals surface area contributed by atoms with Crippen molar-refractivity contribution >= 4 is 17.1 Å². The van der Waals surface area contributed by atoms with Gasteiger partial charge in [0.05, 0.1) is 23.7 Å². The number of carbonyl (C=O) groups excluding carboxylic acids is 1. The lowest BCUT2D eigenvalue weighted by molar-refractivity contribution is 0.0871. The molecule has 2 aromatic rings.